The Morgan fingerprint density at radius 3 is 2.84 bits per heavy atom. The van der Waals surface area contributed by atoms with Crippen LogP contribution >= 0.6 is 0 Å². The zero-order chi connectivity index (χ0) is 17.4. The van der Waals surface area contributed by atoms with E-state index in [1.165, 1.54) is 18.4 Å². The van der Waals surface area contributed by atoms with Crippen molar-refractivity contribution in [2.75, 3.05) is 13.7 Å². The normalized spacial score (nSPS) is 23.6. The number of likely N-dealkylation sites (tertiary alicyclic amines) is 1. The second-order valence-electron chi connectivity index (χ2n) is 6.89. The molecule has 1 amide bonds. The lowest BCUT2D eigenvalue weighted by Crippen LogP contribution is -2.40. The molecule has 132 valence electrons. The summed E-state index contributed by atoms with van der Waals surface area (Å²) in [6, 6.07) is 10.7. The van der Waals surface area contributed by atoms with Crippen LogP contribution in [0.25, 0.3) is 0 Å². The van der Waals surface area contributed by atoms with E-state index >= 15 is 0 Å². The fourth-order valence-corrected chi connectivity index (χ4v) is 3.74. The molecule has 2 heterocycles. The molecular weight excluding hydrogens is 318 g/mol. The van der Waals surface area contributed by atoms with Gasteiger partial charge in [0.25, 0.3) is 5.91 Å². The Bertz CT molecular complexity index is 769. The van der Waals surface area contributed by atoms with Crippen LogP contribution in [0.15, 0.2) is 34.9 Å². The van der Waals surface area contributed by atoms with Crippen molar-refractivity contribution in [1.82, 2.24) is 15.4 Å². The molecule has 4 rings (SSSR count). The average molecular weight is 341 g/mol. The molecule has 0 bridgehead atoms. The number of benzene rings is 1. The lowest BCUT2D eigenvalue weighted by Gasteiger charge is -2.29. The van der Waals surface area contributed by atoms with Crippen LogP contribution in [0.4, 0.5) is 0 Å². The first-order valence-electron chi connectivity index (χ1n) is 8.79. The maximum atomic E-state index is 12.5. The summed E-state index contributed by atoms with van der Waals surface area (Å²) < 4.78 is 10.5. The molecule has 1 aliphatic heterocycles. The van der Waals surface area contributed by atoms with E-state index in [4.69, 9.17) is 9.26 Å². The SMILES string of the molecule is COc1cccc([C@H]2[C@H](NC(=O)c3cc(C)no3)CCN2C2CC2)c1. The van der Waals surface area contributed by atoms with Crippen molar-refractivity contribution in [3.8, 4) is 5.75 Å². The number of carbonyl (C=O) groups excluding carboxylic acids is 1. The van der Waals surface area contributed by atoms with Gasteiger partial charge in [0.15, 0.2) is 0 Å². The van der Waals surface area contributed by atoms with Gasteiger partial charge in [0.1, 0.15) is 5.75 Å². The van der Waals surface area contributed by atoms with Crippen LogP contribution < -0.4 is 10.1 Å². The Morgan fingerprint density at radius 2 is 2.16 bits per heavy atom. The lowest BCUT2D eigenvalue weighted by atomic mass is 9.99. The highest BCUT2D eigenvalue weighted by Gasteiger charge is 2.43. The summed E-state index contributed by atoms with van der Waals surface area (Å²) in [4.78, 5) is 15.0. The molecule has 2 atom stereocenters. The molecule has 1 N–H and O–H groups in total. The molecule has 25 heavy (non-hydrogen) atoms. The van der Waals surface area contributed by atoms with Crippen molar-refractivity contribution in [3.63, 3.8) is 0 Å². The highest BCUT2D eigenvalue weighted by molar-refractivity contribution is 5.91. The van der Waals surface area contributed by atoms with Gasteiger partial charge in [0, 0.05) is 18.7 Å². The third-order valence-corrected chi connectivity index (χ3v) is 5.06. The minimum atomic E-state index is -0.198. The third-order valence-electron chi connectivity index (χ3n) is 5.06. The maximum Gasteiger partial charge on any atom is 0.290 e. The van der Waals surface area contributed by atoms with Gasteiger partial charge in [-0.1, -0.05) is 17.3 Å². The lowest BCUT2D eigenvalue weighted by molar-refractivity contribution is 0.0886. The van der Waals surface area contributed by atoms with Crippen LogP contribution in [-0.2, 0) is 0 Å². The van der Waals surface area contributed by atoms with Gasteiger partial charge in [0.05, 0.1) is 24.9 Å². The summed E-state index contributed by atoms with van der Waals surface area (Å²) in [5.41, 5.74) is 1.89. The molecule has 2 aromatic rings. The van der Waals surface area contributed by atoms with Crippen molar-refractivity contribution in [1.29, 1.82) is 0 Å². The molecule has 2 fully saturated rings. The van der Waals surface area contributed by atoms with Gasteiger partial charge in [-0.25, -0.2) is 0 Å². The van der Waals surface area contributed by atoms with Crippen LogP contribution in [0.3, 0.4) is 0 Å². The molecular formula is C19H23N3O3. The summed E-state index contributed by atoms with van der Waals surface area (Å²) in [5, 5.41) is 6.95. The van der Waals surface area contributed by atoms with Crippen LogP contribution in [0.5, 0.6) is 5.75 Å². The number of rotatable bonds is 5. The third kappa shape index (κ3) is 3.26. The number of carbonyl (C=O) groups is 1. The minimum absolute atomic E-state index is 0.0469. The van der Waals surface area contributed by atoms with Gasteiger partial charge in [-0.05, 0) is 43.9 Å². The number of aryl methyl sites for hydroxylation is 1. The molecule has 0 unspecified atom stereocenters. The van der Waals surface area contributed by atoms with Gasteiger partial charge in [-0.15, -0.1) is 0 Å². The van der Waals surface area contributed by atoms with E-state index in [0.717, 1.165) is 18.7 Å². The Hall–Kier alpha value is -2.34. The fraction of sp³-hybridized carbons (Fsp3) is 0.474. The Labute approximate surface area is 147 Å². The van der Waals surface area contributed by atoms with Crippen molar-refractivity contribution < 1.29 is 14.1 Å². The Kier molecular flexibility index (Phi) is 4.21. The second-order valence-corrected chi connectivity index (χ2v) is 6.89. The molecule has 6 nitrogen and oxygen atoms in total. The minimum Gasteiger partial charge on any atom is -0.497 e. The summed E-state index contributed by atoms with van der Waals surface area (Å²) in [6.07, 6.45) is 3.40. The molecule has 1 saturated heterocycles. The predicted molar refractivity (Wildman–Crippen MR) is 92.6 cm³/mol. The second kappa shape index (κ2) is 6.52. The number of methoxy groups -OCH3 is 1. The number of nitrogens with zero attached hydrogens (tertiary/aromatic N) is 2. The van der Waals surface area contributed by atoms with E-state index < -0.39 is 0 Å². The van der Waals surface area contributed by atoms with Crippen LogP contribution in [0, 0.1) is 6.92 Å². The summed E-state index contributed by atoms with van der Waals surface area (Å²) >= 11 is 0. The van der Waals surface area contributed by atoms with Gasteiger partial charge in [0.2, 0.25) is 5.76 Å². The number of amides is 1. The highest BCUT2D eigenvalue weighted by atomic mass is 16.5. The number of nitrogens with one attached hydrogen (secondary N) is 1. The molecule has 0 radical (unpaired) electrons. The van der Waals surface area contributed by atoms with E-state index in [9.17, 15) is 4.79 Å². The summed E-state index contributed by atoms with van der Waals surface area (Å²) in [5.74, 6) is 0.916. The van der Waals surface area contributed by atoms with E-state index in [-0.39, 0.29) is 23.8 Å². The summed E-state index contributed by atoms with van der Waals surface area (Å²) in [7, 11) is 1.68. The van der Waals surface area contributed by atoms with Crippen LogP contribution in [0.1, 0.15) is 47.1 Å². The van der Waals surface area contributed by atoms with E-state index in [2.05, 4.69) is 27.5 Å². The Balaban J connectivity index is 1.58. The van der Waals surface area contributed by atoms with Crippen molar-refractivity contribution in [2.45, 2.75) is 44.3 Å². The van der Waals surface area contributed by atoms with Crippen molar-refractivity contribution in [2.24, 2.45) is 0 Å². The predicted octanol–water partition coefficient (Wildman–Crippen LogP) is 2.70. The zero-order valence-electron chi connectivity index (χ0n) is 14.6. The molecule has 2 aliphatic rings. The molecule has 6 heteroatoms. The quantitative estimate of drug-likeness (QED) is 0.906. The smallest absolute Gasteiger partial charge is 0.290 e. The van der Waals surface area contributed by atoms with Gasteiger partial charge in [-0.3, -0.25) is 9.69 Å². The number of aromatic nitrogens is 1. The first-order valence-corrected chi connectivity index (χ1v) is 8.79. The van der Waals surface area contributed by atoms with Crippen molar-refractivity contribution in [3.05, 3.63) is 47.3 Å². The number of ether oxygens (including phenoxy) is 1. The molecule has 1 aliphatic carbocycles. The molecule has 1 aromatic carbocycles. The standard InChI is InChI=1S/C19H23N3O3/c1-12-10-17(25-21-12)19(23)20-16-8-9-22(14-6-7-14)18(16)13-4-3-5-15(11-13)24-2/h3-5,10-11,14,16,18H,6-9H2,1-2H3,(H,20,23)/t16-,18+/m1/s1. The van der Waals surface area contributed by atoms with E-state index in [0.29, 0.717) is 11.7 Å². The molecule has 1 aromatic heterocycles. The van der Waals surface area contributed by atoms with Crippen LogP contribution in [-0.4, -0.2) is 41.7 Å². The van der Waals surface area contributed by atoms with E-state index in [1.54, 1.807) is 13.2 Å². The van der Waals surface area contributed by atoms with E-state index in [1.807, 2.05) is 19.1 Å². The van der Waals surface area contributed by atoms with Gasteiger partial charge < -0.3 is 14.6 Å². The van der Waals surface area contributed by atoms with Gasteiger partial charge >= 0.3 is 0 Å². The zero-order valence-corrected chi connectivity index (χ0v) is 14.6. The highest BCUT2D eigenvalue weighted by Crippen LogP contribution is 2.41. The first-order chi connectivity index (χ1) is 12.2. The Morgan fingerprint density at radius 1 is 1.32 bits per heavy atom. The molecule has 1 saturated carbocycles. The topological polar surface area (TPSA) is 67.6 Å². The maximum absolute atomic E-state index is 12.5. The fourth-order valence-electron chi connectivity index (χ4n) is 3.74. The van der Waals surface area contributed by atoms with Crippen molar-refractivity contribution >= 4 is 5.91 Å². The molecule has 0 spiro atoms. The number of hydrogen-bond donors (Lipinski definition) is 1. The average Bonchev–Trinajstić information content (AvgIpc) is 3.24. The summed E-state index contributed by atoms with van der Waals surface area (Å²) in [6.45, 7) is 2.80. The number of hydrogen-bond acceptors (Lipinski definition) is 5. The van der Waals surface area contributed by atoms with Crippen LogP contribution in [0.2, 0.25) is 0 Å². The first kappa shape index (κ1) is 16.1. The largest absolute Gasteiger partial charge is 0.497 e. The monoisotopic (exact) mass is 341 g/mol. The van der Waals surface area contributed by atoms with Gasteiger partial charge in [-0.2, -0.15) is 0 Å².